The summed E-state index contributed by atoms with van der Waals surface area (Å²) in [7, 11) is 1.55. The number of nitrogens with zero attached hydrogens (tertiary/aromatic N) is 1. The molecule has 154 valence electrons. The molecule has 0 aromatic heterocycles. The summed E-state index contributed by atoms with van der Waals surface area (Å²) in [6, 6.07) is 7.79. The number of amides is 1. The number of guanidine groups is 1. The maximum absolute atomic E-state index is 13.6. The van der Waals surface area contributed by atoms with Gasteiger partial charge < -0.3 is 20.7 Å². The molecule has 1 amide bonds. The van der Waals surface area contributed by atoms with Crippen LogP contribution in [0.5, 0.6) is 5.75 Å². The Balaban J connectivity index is 1.44. The smallest absolute Gasteiger partial charge is 0.243 e. The quantitative estimate of drug-likeness (QED) is 0.391. The maximum atomic E-state index is 13.6. The Kier molecular flexibility index (Phi) is 6.58. The Morgan fingerprint density at radius 2 is 1.97 bits per heavy atom. The summed E-state index contributed by atoms with van der Waals surface area (Å²) >= 11 is 0. The number of fused-ring (bicyclic) bond motifs is 1. The Hall–Kier alpha value is -3.23. The zero-order chi connectivity index (χ0) is 20.8. The van der Waals surface area contributed by atoms with Crippen molar-refractivity contribution in [3.63, 3.8) is 0 Å². The molecule has 3 N–H and O–H groups in total. The SMILES string of the molecule is CN=C(NCCc1ccc2c(c1)CCO2)NCC(=O)Nc1ccc(F)c(F)c1F. The highest BCUT2D eigenvalue weighted by molar-refractivity contribution is 5.95. The van der Waals surface area contributed by atoms with Gasteiger partial charge in [0.2, 0.25) is 5.91 Å². The molecule has 2 aromatic carbocycles. The van der Waals surface area contributed by atoms with Crippen molar-refractivity contribution in [1.82, 2.24) is 10.6 Å². The lowest BCUT2D eigenvalue weighted by molar-refractivity contribution is -0.115. The number of halogens is 3. The normalized spacial score (nSPS) is 12.9. The van der Waals surface area contributed by atoms with Crippen molar-refractivity contribution in [2.45, 2.75) is 12.8 Å². The molecule has 3 rings (SSSR count). The molecule has 0 saturated carbocycles. The average Bonchev–Trinajstić information content (AvgIpc) is 3.19. The number of hydrogen-bond donors (Lipinski definition) is 3. The van der Waals surface area contributed by atoms with Gasteiger partial charge in [-0.15, -0.1) is 0 Å². The van der Waals surface area contributed by atoms with E-state index in [1.807, 2.05) is 12.1 Å². The van der Waals surface area contributed by atoms with Crippen LogP contribution in [0.15, 0.2) is 35.3 Å². The van der Waals surface area contributed by atoms with E-state index in [4.69, 9.17) is 4.74 Å². The molecule has 0 bridgehead atoms. The first-order chi connectivity index (χ1) is 14.0. The van der Waals surface area contributed by atoms with Gasteiger partial charge in [0.25, 0.3) is 0 Å². The second-order valence-electron chi connectivity index (χ2n) is 6.41. The summed E-state index contributed by atoms with van der Waals surface area (Å²) in [5, 5.41) is 8.04. The molecule has 0 atom stereocenters. The fraction of sp³-hybridized carbons (Fsp3) is 0.300. The summed E-state index contributed by atoms with van der Waals surface area (Å²) in [6.45, 7) is 1.07. The Labute approximate surface area is 166 Å². The van der Waals surface area contributed by atoms with Gasteiger partial charge in [-0.25, -0.2) is 13.2 Å². The van der Waals surface area contributed by atoms with Crippen molar-refractivity contribution in [2.24, 2.45) is 4.99 Å². The van der Waals surface area contributed by atoms with Gasteiger partial charge in [-0.05, 0) is 35.7 Å². The van der Waals surface area contributed by atoms with E-state index in [1.54, 1.807) is 7.05 Å². The Bertz CT molecular complexity index is 934. The van der Waals surface area contributed by atoms with Crippen molar-refractivity contribution in [1.29, 1.82) is 0 Å². The lowest BCUT2D eigenvalue weighted by Gasteiger charge is -2.13. The van der Waals surface area contributed by atoms with E-state index in [0.717, 1.165) is 36.3 Å². The van der Waals surface area contributed by atoms with E-state index < -0.39 is 29.0 Å². The van der Waals surface area contributed by atoms with Crippen molar-refractivity contribution in [3.05, 3.63) is 58.9 Å². The zero-order valence-electron chi connectivity index (χ0n) is 15.8. The fourth-order valence-corrected chi connectivity index (χ4v) is 2.92. The summed E-state index contributed by atoms with van der Waals surface area (Å²) in [6.07, 6.45) is 1.66. The minimum Gasteiger partial charge on any atom is -0.493 e. The predicted molar refractivity (Wildman–Crippen MR) is 104 cm³/mol. The van der Waals surface area contributed by atoms with Gasteiger partial charge in [0, 0.05) is 20.0 Å². The number of rotatable bonds is 6. The highest BCUT2D eigenvalue weighted by Crippen LogP contribution is 2.25. The minimum absolute atomic E-state index is 0.228. The maximum Gasteiger partial charge on any atom is 0.243 e. The second-order valence-corrected chi connectivity index (χ2v) is 6.41. The predicted octanol–water partition coefficient (Wildman–Crippen LogP) is 2.38. The number of nitrogens with one attached hydrogen (secondary N) is 3. The van der Waals surface area contributed by atoms with Crippen LogP contribution in [0, 0.1) is 17.5 Å². The fourth-order valence-electron chi connectivity index (χ4n) is 2.92. The number of ether oxygens (including phenoxy) is 1. The molecule has 9 heteroatoms. The molecule has 1 aliphatic rings. The third-order valence-electron chi connectivity index (χ3n) is 4.41. The zero-order valence-corrected chi connectivity index (χ0v) is 15.8. The number of aliphatic imine (C=N–C) groups is 1. The minimum atomic E-state index is -1.63. The second kappa shape index (κ2) is 9.31. The highest BCUT2D eigenvalue weighted by atomic mass is 19.2. The van der Waals surface area contributed by atoms with Crippen molar-refractivity contribution in [3.8, 4) is 5.75 Å². The topological polar surface area (TPSA) is 74.8 Å². The van der Waals surface area contributed by atoms with Crippen LogP contribution in [-0.2, 0) is 17.6 Å². The number of hydrogen-bond acceptors (Lipinski definition) is 3. The third-order valence-corrected chi connectivity index (χ3v) is 4.41. The summed E-state index contributed by atoms with van der Waals surface area (Å²) in [5.74, 6) is -3.71. The number of carbonyl (C=O) groups excluding carboxylic acids is 1. The van der Waals surface area contributed by atoms with Crippen LogP contribution in [0.4, 0.5) is 18.9 Å². The third kappa shape index (κ3) is 5.18. The van der Waals surface area contributed by atoms with E-state index in [2.05, 4.69) is 27.0 Å². The van der Waals surface area contributed by atoms with Gasteiger partial charge in [0.05, 0.1) is 18.8 Å². The van der Waals surface area contributed by atoms with Gasteiger partial charge in [0.1, 0.15) is 5.75 Å². The highest BCUT2D eigenvalue weighted by Gasteiger charge is 2.15. The summed E-state index contributed by atoms with van der Waals surface area (Å²) in [5.41, 5.74) is 1.93. The molecule has 6 nitrogen and oxygen atoms in total. The number of carbonyl (C=O) groups is 1. The van der Waals surface area contributed by atoms with E-state index >= 15 is 0 Å². The number of anilines is 1. The average molecular weight is 406 g/mol. The molecule has 0 fully saturated rings. The van der Waals surface area contributed by atoms with Crippen LogP contribution in [0.1, 0.15) is 11.1 Å². The number of benzene rings is 2. The largest absolute Gasteiger partial charge is 0.493 e. The van der Waals surface area contributed by atoms with Gasteiger partial charge in [-0.2, -0.15) is 0 Å². The van der Waals surface area contributed by atoms with Gasteiger partial charge in [-0.3, -0.25) is 9.79 Å². The van der Waals surface area contributed by atoms with Gasteiger partial charge in [-0.1, -0.05) is 12.1 Å². The first-order valence-electron chi connectivity index (χ1n) is 9.10. The molecule has 0 spiro atoms. The molecule has 0 radical (unpaired) electrons. The van der Waals surface area contributed by atoms with Crippen LogP contribution >= 0.6 is 0 Å². The van der Waals surface area contributed by atoms with E-state index in [0.29, 0.717) is 19.1 Å². The van der Waals surface area contributed by atoms with E-state index in [1.165, 1.54) is 5.56 Å². The van der Waals surface area contributed by atoms with Crippen LogP contribution in [0.25, 0.3) is 0 Å². The molecule has 0 unspecified atom stereocenters. The van der Waals surface area contributed by atoms with Crippen LogP contribution in [0.2, 0.25) is 0 Å². The van der Waals surface area contributed by atoms with Crippen LogP contribution < -0.4 is 20.7 Å². The molecule has 1 aliphatic heterocycles. The molecule has 2 aromatic rings. The molecule has 0 aliphatic carbocycles. The standard InChI is InChI=1S/C20H21F3N4O2/c1-24-20(25-8-6-12-2-5-16-13(10-12)7-9-29-16)26-11-17(28)27-15-4-3-14(21)18(22)19(15)23/h2-5,10H,6-9,11H2,1H3,(H,27,28)(H2,24,25,26). The van der Waals surface area contributed by atoms with Crippen molar-refractivity contribution >= 4 is 17.6 Å². The summed E-state index contributed by atoms with van der Waals surface area (Å²) < 4.78 is 45.2. The van der Waals surface area contributed by atoms with Crippen molar-refractivity contribution in [2.75, 3.05) is 32.1 Å². The molecule has 29 heavy (non-hydrogen) atoms. The van der Waals surface area contributed by atoms with E-state index in [9.17, 15) is 18.0 Å². The lowest BCUT2D eigenvalue weighted by Crippen LogP contribution is -2.42. The van der Waals surface area contributed by atoms with Crippen LogP contribution in [0.3, 0.4) is 0 Å². The Morgan fingerprint density at radius 3 is 2.76 bits per heavy atom. The van der Waals surface area contributed by atoms with Gasteiger partial charge in [0.15, 0.2) is 23.4 Å². The summed E-state index contributed by atoms with van der Waals surface area (Å²) in [4.78, 5) is 15.9. The monoisotopic (exact) mass is 406 g/mol. The van der Waals surface area contributed by atoms with E-state index in [-0.39, 0.29) is 6.54 Å². The molecular weight excluding hydrogens is 385 g/mol. The Morgan fingerprint density at radius 1 is 1.14 bits per heavy atom. The first-order valence-corrected chi connectivity index (χ1v) is 9.10. The molecule has 0 saturated heterocycles. The molecular formula is C20H21F3N4O2. The van der Waals surface area contributed by atoms with Gasteiger partial charge >= 0.3 is 0 Å². The lowest BCUT2D eigenvalue weighted by atomic mass is 10.1. The first kappa shape index (κ1) is 20.5. The molecule has 1 heterocycles. The van der Waals surface area contributed by atoms with Crippen LogP contribution in [-0.4, -0.2) is 38.6 Å². The van der Waals surface area contributed by atoms with Crippen molar-refractivity contribution < 1.29 is 22.7 Å².